The highest BCUT2D eigenvalue weighted by atomic mass is 16.3. The molecule has 0 fully saturated rings. The first kappa shape index (κ1) is 14.8. The Morgan fingerprint density at radius 3 is 2.52 bits per heavy atom. The molecule has 1 heterocycles. The van der Waals surface area contributed by atoms with Crippen LogP contribution in [0, 0.1) is 13.8 Å². The molecule has 1 amide bonds. The van der Waals surface area contributed by atoms with E-state index in [-0.39, 0.29) is 17.2 Å². The fourth-order valence-electron chi connectivity index (χ4n) is 2.25. The molecule has 0 radical (unpaired) electrons. The molecule has 2 N–H and O–H groups in total. The van der Waals surface area contributed by atoms with Gasteiger partial charge in [0.1, 0.15) is 17.7 Å². The van der Waals surface area contributed by atoms with E-state index in [1.807, 2.05) is 19.1 Å². The van der Waals surface area contributed by atoms with Crippen molar-refractivity contribution in [3.05, 3.63) is 65.7 Å². The second-order valence-electron chi connectivity index (χ2n) is 5.30. The third kappa shape index (κ3) is 3.23. The molecule has 0 spiro atoms. The molecule has 1 aromatic heterocycles. The normalized spacial score (nSPS) is 10.5. The number of anilines is 1. The van der Waals surface area contributed by atoms with Gasteiger partial charge in [0.25, 0.3) is 5.91 Å². The van der Waals surface area contributed by atoms with Crippen LogP contribution in [0.1, 0.15) is 21.8 Å². The number of phenols is 1. The molecule has 3 aromatic rings. The van der Waals surface area contributed by atoms with Crippen molar-refractivity contribution in [2.75, 3.05) is 5.32 Å². The third-order valence-electron chi connectivity index (χ3n) is 3.45. The van der Waals surface area contributed by atoms with Gasteiger partial charge in [-0.05, 0) is 31.2 Å². The standard InChI is InChI=1S/C18H16N2O3/c1-11-3-8-17(21)15(9-11)18(22)20-14-6-4-13(5-7-14)16-10-23-12(2)19-16/h3-10,21H,1-2H3,(H,20,22). The molecule has 0 bridgehead atoms. The Kier molecular flexibility index (Phi) is 3.85. The number of amides is 1. The Balaban J connectivity index is 1.78. The zero-order valence-corrected chi connectivity index (χ0v) is 12.8. The van der Waals surface area contributed by atoms with Crippen molar-refractivity contribution in [3.63, 3.8) is 0 Å². The largest absolute Gasteiger partial charge is 0.507 e. The van der Waals surface area contributed by atoms with Gasteiger partial charge in [0.05, 0.1) is 5.56 Å². The highest BCUT2D eigenvalue weighted by Crippen LogP contribution is 2.23. The van der Waals surface area contributed by atoms with Crippen molar-refractivity contribution in [3.8, 4) is 17.0 Å². The number of nitrogens with zero attached hydrogens (tertiary/aromatic N) is 1. The Hall–Kier alpha value is -3.08. The van der Waals surface area contributed by atoms with Gasteiger partial charge in [-0.3, -0.25) is 4.79 Å². The first-order chi connectivity index (χ1) is 11.0. The number of phenolic OH excluding ortho intramolecular Hbond substituents is 1. The van der Waals surface area contributed by atoms with E-state index in [2.05, 4.69) is 10.3 Å². The number of aryl methyl sites for hydroxylation is 2. The van der Waals surface area contributed by atoms with Gasteiger partial charge >= 0.3 is 0 Å². The maximum atomic E-state index is 12.2. The smallest absolute Gasteiger partial charge is 0.259 e. The summed E-state index contributed by atoms with van der Waals surface area (Å²) >= 11 is 0. The van der Waals surface area contributed by atoms with Crippen molar-refractivity contribution in [2.45, 2.75) is 13.8 Å². The van der Waals surface area contributed by atoms with Crippen molar-refractivity contribution in [1.29, 1.82) is 0 Å². The maximum absolute atomic E-state index is 12.2. The van der Waals surface area contributed by atoms with E-state index in [4.69, 9.17) is 4.42 Å². The molecule has 0 saturated carbocycles. The van der Waals surface area contributed by atoms with Crippen molar-refractivity contribution >= 4 is 11.6 Å². The number of carbonyl (C=O) groups excluding carboxylic acids is 1. The zero-order chi connectivity index (χ0) is 16.4. The van der Waals surface area contributed by atoms with Gasteiger partial charge in [0.2, 0.25) is 0 Å². The van der Waals surface area contributed by atoms with Gasteiger partial charge in [0.15, 0.2) is 5.89 Å². The highest BCUT2D eigenvalue weighted by Gasteiger charge is 2.12. The monoisotopic (exact) mass is 308 g/mol. The van der Waals surface area contributed by atoms with Crippen LogP contribution in [0.3, 0.4) is 0 Å². The summed E-state index contributed by atoms with van der Waals surface area (Å²) in [5.74, 6) is 0.214. The molecule has 0 aliphatic heterocycles. The van der Waals surface area contributed by atoms with Crippen LogP contribution in [-0.4, -0.2) is 16.0 Å². The van der Waals surface area contributed by atoms with E-state index in [9.17, 15) is 9.90 Å². The van der Waals surface area contributed by atoms with Gasteiger partial charge in [0, 0.05) is 18.2 Å². The molecule has 0 unspecified atom stereocenters. The first-order valence-corrected chi connectivity index (χ1v) is 7.16. The molecule has 23 heavy (non-hydrogen) atoms. The summed E-state index contributed by atoms with van der Waals surface area (Å²) in [7, 11) is 0. The lowest BCUT2D eigenvalue weighted by molar-refractivity contribution is 0.102. The zero-order valence-electron chi connectivity index (χ0n) is 12.8. The van der Waals surface area contributed by atoms with E-state index in [0.29, 0.717) is 11.6 Å². The minimum absolute atomic E-state index is 0.0391. The minimum atomic E-state index is -0.351. The van der Waals surface area contributed by atoms with Crippen LogP contribution in [0.5, 0.6) is 5.75 Å². The molecule has 0 saturated heterocycles. The Morgan fingerprint density at radius 2 is 1.87 bits per heavy atom. The summed E-state index contributed by atoms with van der Waals surface area (Å²) in [5, 5.41) is 12.6. The summed E-state index contributed by atoms with van der Waals surface area (Å²) < 4.78 is 5.19. The fraction of sp³-hybridized carbons (Fsp3) is 0.111. The van der Waals surface area contributed by atoms with E-state index in [1.165, 1.54) is 6.07 Å². The molecule has 2 aromatic carbocycles. The number of benzene rings is 2. The topological polar surface area (TPSA) is 75.4 Å². The molecule has 0 aliphatic carbocycles. The predicted octanol–water partition coefficient (Wildman–Crippen LogP) is 3.92. The quantitative estimate of drug-likeness (QED) is 0.769. The fourth-order valence-corrected chi connectivity index (χ4v) is 2.25. The second kappa shape index (κ2) is 5.96. The van der Waals surface area contributed by atoms with Gasteiger partial charge in [-0.25, -0.2) is 4.98 Å². The Bertz CT molecular complexity index is 851. The molecule has 116 valence electrons. The number of oxazole rings is 1. The third-order valence-corrected chi connectivity index (χ3v) is 3.45. The van der Waals surface area contributed by atoms with Crippen molar-refractivity contribution < 1.29 is 14.3 Å². The average molecular weight is 308 g/mol. The Morgan fingerprint density at radius 1 is 1.13 bits per heavy atom. The van der Waals surface area contributed by atoms with Crippen LogP contribution < -0.4 is 5.32 Å². The van der Waals surface area contributed by atoms with E-state index in [1.54, 1.807) is 37.5 Å². The summed E-state index contributed by atoms with van der Waals surface area (Å²) in [6, 6.07) is 12.2. The lowest BCUT2D eigenvalue weighted by Crippen LogP contribution is -2.12. The van der Waals surface area contributed by atoms with Crippen LogP contribution in [0.15, 0.2) is 53.1 Å². The van der Waals surface area contributed by atoms with Gasteiger partial charge in [-0.15, -0.1) is 0 Å². The molecule has 0 atom stereocenters. The summed E-state index contributed by atoms with van der Waals surface area (Å²) in [6.45, 7) is 3.65. The Labute approximate surface area is 133 Å². The van der Waals surface area contributed by atoms with Crippen LogP contribution >= 0.6 is 0 Å². The molecule has 5 nitrogen and oxygen atoms in total. The number of nitrogens with one attached hydrogen (secondary N) is 1. The van der Waals surface area contributed by atoms with Crippen LogP contribution in [0.25, 0.3) is 11.3 Å². The summed E-state index contributed by atoms with van der Waals surface area (Å²) in [4.78, 5) is 16.5. The van der Waals surface area contributed by atoms with Gasteiger partial charge in [-0.2, -0.15) is 0 Å². The second-order valence-corrected chi connectivity index (χ2v) is 5.30. The predicted molar refractivity (Wildman–Crippen MR) is 87.5 cm³/mol. The maximum Gasteiger partial charge on any atom is 0.259 e. The van der Waals surface area contributed by atoms with Gasteiger partial charge < -0.3 is 14.8 Å². The number of hydrogen-bond acceptors (Lipinski definition) is 4. The van der Waals surface area contributed by atoms with Crippen LogP contribution in [0.4, 0.5) is 5.69 Å². The highest BCUT2D eigenvalue weighted by molar-refractivity contribution is 6.06. The first-order valence-electron chi connectivity index (χ1n) is 7.16. The molecule has 0 aliphatic rings. The summed E-state index contributed by atoms with van der Waals surface area (Å²) in [5.41, 5.74) is 3.45. The van der Waals surface area contributed by atoms with E-state index >= 15 is 0 Å². The number of carbonyl (C=O) groups is 1. The van der Waals surface area contributed by atoms with E-state index in [0.717, 1.165) is 16.8 Å². The van der Waals surface area contributed by atoms with E-state index < -0.39 is 0 Å². The number of hydrogen-bond donors (Lipinski definition) is 2. The lowest BCUT2D eigenvalue weighted by Gasteiger charge is -2.08. The van der Waals surface area contributed by atoms with Crippen molar-refractivity contribution in [2.24, 2.45) is 0 Å². The van der Waals surface area contributed by atoms with Gasteiger partial charge in [-0.1, -0.05) is 23.8 Å². The minimum Gasteiger partial charge on any atom is -0.507 e. The van der Waals surface area contributed by atoms with Crippen LogP contribution in [0.2, 0.25) is 0 Å². The average Bonchev–Trinajstić information content (AvgIpc) is 2.97. The molecular weight excluding hydrogens is 292 g/mol. The SMILES string of the molecule is Cc1ccc(O)c(C(=O)Nc2ccc(-c3coc(C)n3)cc2)c1. The van der Waals surface area contributed by atoms with Crippen LogP contribution in [-0.2, 0) is 0 Å². The molecule has 3 rings (SSSR count). The molecule has 5 heteroatoms. The lowest BCUT2D eigenvalue weighted by atomic mass is 10.1. The number of aromatic nitrogens is 1. The number of aromatic hydroxyl groups is 1. The summed E-state index contributed by atoms with van der Waals surface area (Å²) in [6.07, 6.45) is 1.59. The molecular formula is C18H16N2O3. The number of rotatable bonds is 3. The van der Waals surface area contributed by atoms with Crippen molar-refractivity contribution in [1.82, 2.24) is 4.98 Å².